The van der Waals surface area contributed by atoms with Gasteiger partial charge in [0.15, 0.2) is 11.6 Å². The summed E-state index contributed by atoms with van der Waals surface area (Å²) in [5, 5.41) is 12.6. The molecule has 1 aromatic carbocycles. The number of rotatable bonds is 5. The van der Waals surface area contributed by atoms with Crippen molar-refractivity contribution in [3.8, 4) is 0 Å². The van der Waals surface area contributed by atoms with Crippen molar-refractivity contribution in [2.45, 2.75) is 38.5 Å². The van der Waals surface area contributed by atoms with Crippen LogP contribution in [0.5, 0.6) is 0 Å². The molecule has 0 aliphatic carbocycles. The lowest BCUT2D eigenvalue weighted by atomic mass is 10.0. The Morgan fingerprint density at radius 3 is 2.36 bits per heavy atom. The minimum Gasteiger partial charge on any atom is -0.444 e. The van der Waals surface area contributed by atoms with E-state index in [4.69, 9.17) is 4.74 Å². The van der Waals surface area contributed by atoms with Crippen LogP contribution in [0.2, 0.25) is 0 Å². The van der Waals surface area contributed by atoms with Crippen LogP contribution < -0.4 is 5.32 Å². The first-order chi connectivity index (χ1) is 10.2. The molecule has 0 radical (unpaired) electrons. The fourth-order valence-electron chi connectivity index (χ4n) is 1.66. The molecule has 0 aliphatic heterocycles. The Morgan fingerprint density at radius 2 is 1.86 bits per heavy atom. The molecule has 2 atom stereocenters. The van der Waals surface area contributed by atoms with Gasteiger partial charge in [-0.2, -0.15) is 0 Å². The van der Waals surface area contributed by atoms with Crippen LogP contribution in [0, 0.1) is 0 Å². The van der Waals surface area contributed by atoms with E-state index < -0.39 is 29.8 Å². The SMILES string of the molecule is CC(C)(C)OC(=O)NC(C(=O)OC=S)C(O)c1ccccc1. The lowest BCUT2D eigenvalue weighted by Crippen LogP contribution is -2.47. The zero-order valence-electron chi connectivity index (χ0n) is 12.6. The maximum Gasteiger partial charge on any atom is 0.408 e. The van der Waals surface area contributed by atoms with Gasteiger partial charge >= 0.3 is 12.1 Å². The Hall–Kier alpha value is -1.99. The fraction of sp³-hybridized carbons (Fsp3) is 0.400. The number of benzene rings is 1. The minimum absolute atomic E-state index is 0.449. The van der Waals surface area contributed by atoms with E-state index in [0.29, 0.717) is 5.56 Å². The highest BCUT2D eigenvalue weighted by Crippen LogP contribution is 2.18. The first-order valence-corrected chi connectivity index (χ1v) is 7.08. The molecule has 2 unspecified atom stereocenters. The second kappa shape index (κ2) is 7.86. The molecule has 0 aliphatic rings. The lowest BCUT2D eigenvalue weighted by Gasteiger charge is -2.25. The molecule has 0 aromatic heterocycles. The first kappa shape index (κ1) is 18.1. The number of carbonyl (C=O) groups excluding carboxylic acids is 2. The highest BCUT2D eigenvalue weighted by atomic mass is 32.1. The summed E-state index contributed by atoms with van der Waals surface area (Å²) in [4.78, 5) is 23.7. The standard InChI is InChI=1S/C15H19NO5S/c1-15(2,3)21-14(19)16-11(13(18)20-9-22)12(17)10-7-5-4-6-8-10/h4-9,11-12,17H,1-3H3,(H,16,19). The number of aliphatic hydroxyl groups excluding tert-OH is 1. The average molecular weight is 325 g/mol. The highest BCUT2D eigenvalue weighted by molar-refractivity contribution is 7.78. The normalized spacial score (nSPS) is 13.6. The van der Waals surface area contributed by atoms with Crippen LogP contribution >= 0.6 is 12.2 Å². The predicted octanol–water partition coefficient (Wildman–Crippen LogP) is 2.11. The Labute approximate surface area is 134 Å². The van der Waals surface area contributed by atoms with Crippen molar-refractivity contribution in [3.63, 3.8) is 0 Å². The van der Waals surface area contributed by atoms with Gasteiger partial charge in [0.2, 0.25) is 0 Å². The molecular weight excluding hydrogens is 306 g/mol. The Morgan fingerprint density at radius 1 is 1.27 bits per heavy atom. The molecular formula is C15H19NO5S. The number of esters is 1. The summed E-state index contributed by atoms with van der Waals surface area (Å²) in [7, 11) is 0. The van der Waals surface area contributed by atoms with Crippen LogP contribution in [0.1, 0.15) is 32.4 Å². The van der Waals surface area contributed by atoms with Gasteiger partial charge < -0.3 is 19.9 Å². The third-order valence-corrected chi connectivity index (χ3v) is 2.64. The fourth-order valence-corrected chi connectivity index (χ4v) is 1.76. The van der Waals surface area contributed by atoms with Crippen molar-refractivity contribution in [3.05, 3.63) is 35.9 Å². The van der Waals surface area contributed by atoms with Gasteiger partial charge in [-0.15, -0.1) is 0 Å². The monoisotopic (exact) mass is 325 g/mol. The molecule has 0 saturated carbocycles. The Kier molecular flexibility index (Phi) is 6.45. The smallest absolute Gasteiger partial charge is 0.408 e. The molecule has 120 valence electrons. The number of amides is 1. The van der Waals surface area contributed by atoms with Crippen molar-refractivity contribution in [2.75, 3.05) is 0 Å². The number of nitrogens with one attached hydrogen (secondary N) is 1. The Balaban J connectivity index is 2.91. The van der Waals surface area contributed by atoms with Gasteiger partial charge in [-0.1, -0.05) is 30.3 Å². The number of thiocarbonyl (C=S) groups is 1. The summed E-state index contributed by atoms with van der Waals surface area (Å²) in [5.74, 6) is -0.878. The summed E-state index contributed by atoms with van der Waals surface area (Å²) in [6.45, 7) is 5.06. The van der Waals surface area contributed by atoms with Gasteiger partial charge in [0.25, 0.3) is 0 Å². The van der Waals surface area contributed by atoms with E-state index in [9.17, 15) is 14.7 Å². The van der Waals surface area contributed by atoms with Gasteiger partial charge in [0.1, 0.15) is 11.7 Å². The van der Waals surface area contributed by atoms with Crippen LogP contribution in [0.15, 0.2) is 30.3 Å². The second-order valence-electron chi connectivity index (χ2n) is 5.51. The molecule has 1 rings (SSSR count). The maximum absolute atomic E-state index is 11.9. The molecule has 1 amide bonds. The third-order valence-electron chi connectivity index (χ3n) is 2.55. The predicted molar refractivity (Wildman–Crippen MR) is 84.3 cm³/mol. The van der Waals surface area contributed by atoms with Crippen LogP contribution in [-0.4, -0.2) is 34.4 Å². The zero-order valence-corrected chi connectivity index (χ0v) is 13.4. The lowest BCUT2D eigenvalue weighted by molar-refractivity contribution is -0.140. The van der Waals surface area contributed by atoms with Crippen molar-refractivity contribution in [1.82, 2.24) is 5.32 Å². The van der Waals surface area contributed by atoms with Crippen molar-refractivity contribution in [1.29, 1.82) is 0 Å². The number of hydrogen-bond donors (Lipinski definition) is 2. The molecule has 1 aromatic rings. The molecule has 0 fully saturated rings. The topological polar surface area (TPSA) is 84.9 Å². The van der Waals surface area contributed by atoms with E-state index in [2.05, 4.69) is 22.3 Å². The van der Waals surface area contributed by atoms with E-state index in [1.165, 1.54) is 0 Å². The second-order valence-corrected chi connectivity index (χ2v) is 5.70. The van der Waals surface area contributed by atoms with E-state index in [0.717, 1.165) is 5.55 Å². The van der Waals surface area contributed by atoms with E-state index >= 15 is 0 Å². The molecule has 22 heavy (non-hydrogen) atoms. The summed E-state index contributed by atoms with van der Waals surface area (Å²) >= 11 is 4.46. The number of carbonyl (C=O) groups is 2. The number of aliphatic hydroxyl groups is 1. The summed E-state index contributed by atoms with van der Waals surface area (Å²) < 4.78 is 9.68. The quantitative estimate of drug-likeness (QED) is 0.637. The summed E-state index contributed by atoms with van der Waals surface area (Å²) in [6.07, 6.45) is -2.13. The van der Waals surface area contributed by atoms with Crippen LogP contribution in [0.3, 0.4) is 0 Å². The van der Waals surface area contributed by atoms with Gasteiger partial charge in [0, 0.05) is 0 Å². The number of ether oxygens (including phenoxy) is 2. The third kappa shape index (κ3) is 5.79. The minimum atomic E-state index is -1.34. The van der Waals surface area contributed by atoms with Crippen LogP contribution in [0.4, 0.5) is 4.79 Å². The first-order valence-electron chi connectivity index (χ1n) is 6.61. The number of hydrogen-bond acceptors (Lipinski definition) is 6. The highest BCUT2D eigenvalue weighted by Gasteiger charge is 2.32. The molecule has 0 heterocycles. The molecule has 0 saturated heterocycles. The molecule has 6 nitrogen and oxygen atoms in total. The van der Waals surface area contributed by atoms with E-state index in [-0.39, 0.29) is 0 Å². The van der Waals surface area contributed by atoms with Gasteiger partial charge in [-0.25, -0.2) is 9.59 Å². The summed E-state index contributed by atoms with van der Waals surface area (Å²) in [6, 6.07) is 7.08. The average Bonchev–Trinajstić information content (AvgIpc) is 2.43. The van der Waals surface area contributed by atoms with Crippen LogP contribution in [-0.2, 0) is 14.3 Å². The zero-order chi connectivity index (χ0) is 16.8. The largest absolute Gasteiger partial charge is 0.444 e. The molecule has 7 heteroatoms. The van der Waals surface area contributed by atoms with Gasteiger partial charge in [-0.3, -0.25) is 0 Å². The molecule has 0 spiro atoms. The van der Waals surface area contributed by atoms with Crippen molar-refractivity contribution >= 4 is 29.8 Å². The molecule has 0 bridgehead atoms. The Bertz CT molecular complexity index is 526. The number of alkyl carbamates (subject to hydrolysis) is 1. The van der Waals surface area contributed by atoms with Crippen molar-refractivity contribution < 1.29 is 24.2 Å². The van der Waals surface area contributed by atoms with Crippen molar-refractivity contribution in [2.24, 2.45) is 0 Å². The summed E-state index contributed by atoms with van der Waals surface area (Å²) in [5.41, 5.74) is 0.481. The van der Waals surface area contributed by atoms with E-state index in [1.54, 1.807) is 51.1 Å². The maximum atomic E-state index is 11.9. The van der Waals surface area contributed by atoms with E-state index in [1.807, 2.05) is 0 Å². The molecule has 2 N–H and O–H groups in total. The van der Waals surface area contributed by atoms with Crippen LogP contribution in [0.25, 0.3) is 0 Å². The van der Waals surface area contributed by atoms with Gasteiger partial charge in [0.05, 0.1) is 0 Å². The van der Waals surface area contributed by atoms with Gasteiger partial charge in [-0.05, 0) is 38.6 Å².